The number of fused-ring (bicyclic) bond motifs is 1. The molecule has 0 aliphatic carbocycles. The van der Waals surface area contributed by atoms with Crippen molar-refractivity contribution in [1.29, 1.82) is 0 Å². The van der Waals surface area contributed by atoms with Gasteiger partial charge in [0.1, 0.15) is 11.3 Å². The van der Waals surface area contributed by atoms with Gasteiger partial charge in [-0.1, -0.05) is 15.9 Å². The first-order chi connectivity index (χ1) is 12.0. The molecule has 3 rings (SSSR count). The fourth-order valence-corrected chi connectivity index (χ4v) is 3.27. The minimum absolute atomic E-state index is 0.319. The van der Waals surface area contributed by atoms with E-state index in [1.807, 2.05) is 37.3 Å². The first-order valence-electron chi connectivity index (χ1n) is 8.13. The second kappa shape index (κ2) is 7.31. The van der Waals surface area contributed by atoms with E-state index < -0.39 is 0 Å². The zero-order valence-corrected chi connectivity index (χ0v) is 16.1. The highest BCUT2D eigenvalue weighted by atomic mass is 79.9. The minimum Gasteiger partial charge on any atom is -0.497 e. The van der Waals surface area contributed by atoms with E-state index in [-0.39, 0.29) is 5.63 Å². The van der Waals surface area contributed by atoms with Gasteiger partial charge < -0.3 is 14.1 Å². The van der Waals surface area contributed by atoms with Crippen LogP contribution in [0.25, 0.3) is 11.0 Å². The second-order valence-corrected chi connectivity index (χ2v) is 6.75. The molecule has 130 valence electrons. The van der Waals surface area contributed by atoms with Gasteiger partial charge in [-0.05, 0) is 55.3 Å². The fraction of sp³-hybridized carbons (Fsp3) is 0.250. The van der Waals surface area contributed by atoms with Gasteiger partial charge in [0.25, 0.3) is 0 Å². The Morgan fingerprint density at radius 2 is 1.96 bits per heavy atom. The number of ether oxygens (including phenoxy) is 1. The molecule has 0 aliphatic rings. The molecule has 0 amide bonds. The van der Waals surface area contributed by atoms with Crippen molar-refractivity contribution < 1.29 is 9.15 Å². The molecule has 3 aromatic rings. The van der Waals surface area contributed by atoms with Crippen molar-refractivity contribution in [3.63, 3.8) is 0 Å². The van der Waals surface area contributed by atoms with Crippen LogP contribution in [0.3, 0.4) is 0 Å². The lowest BCUT2D eigenvalue weighted by molar-refractivity contribution is 0.414. The summed E-state index contributed by atoms with van der Waals surface area (Å²) >= 11 is 3.61. The lowest BCUT2D eigenvalue weighted by atomic mass is 10.1. The topological polar surface area (TPSA) is 42.7 Å². The van der Waals surface area contributed by atoms with Crippen LogP contribution in [0.1, 0.15) is 18.1 Å². The smallest absolute Gasteiger partial charge is 0.336 e. The molecule has 0 fully saturated rings. The van der Waals surface area contributed by atoms with Crippen molar-refractivity contribution in [2.75, 3.05) is 18.6 Å². The summed E-state index contributed by atoms with van der Waals surface area (Å²) in [5.41, 5.74) is 3.37. The highest BCUT2D eigenvalue weighted by molar-refractivity contribution is 9.10. The van der Waals surface area contributed by atoms with Gasteiger partial charge in [0.2, 0.25) is 0 Å². The lowest BCUT2D eigenvalue weighted by Gasteiger charge is -2.24. The summed E-state index contributed by atoms with van der Waals surface area (Å²) in [6.07, 6.45) is 0. The molecule has 0 saturated carbocycles. The van der Waals surface area contributed by atoms with Crippen molar-refractivity contribution in [2.45, 2.75) is 20.4 Å². The van der Waals surface area contributed by atoms with E-state index in [1.54, 1.807) is 7.11 Å². The molecule has 2 aromatic carbocycles. The molecular formula is C20H20BrNO3. The van der Waals surface area contributed by atoms with Crippen LogP contribution in [0, 0.1) is 6.92 Å². The Hall–Kier alpha value is -2.27. The molecule has 0 atom stereocenters. The molecule has 0 N–H and O–H groups in total. The third-order valence-corrected chi connectivity index (χ3v) is 5.07. The quantitative estimate of drug-likeness (QED) is 0.570. The van der Waals surface area contributed by atoms with Gasteiger partial charge >= 0.3 is 5.63 Å². The predicted octanol–water partition coefficient (Wildman–Crippen LogP) is 4.90. The van der Waals surface area contributed by atoms with Gasteiger partial charge in [0.15, 0.2) is 0 Å². The van der Waals surface area contributed by atoms with E-state index in [0.717, 1.165) is 45.5 Å². The number of halogens is 1. The van der Waals surface area contributed by atoms with Gasteiger partial charge in [-0.2, -0.15) is 0 Å². The van der Waals surface area contributed by atoms with Gasteiger partial charge in [0, 0.05) is 40.8 Å². The summed E-state index contributed by atoms with van der Waals surface area (Å²) < 4.78 is 11.7. The van der Waals surface area contributed by atoms with Gasteiger partial charge in [-0.3, -0.25) is 0 Å². The normalized spacial score (nSPS) is 10.9. The Bertz CT molecular complexity index is 965. The van der Waals surface area contributed by atoms with Crippen LogP contribution in [-0.4, -0.2) is 13.7 Å². The molecule has 0 spiro atoms. The maximum Gasteiger partial charge on any atom is 0.336 e. The van der Waals surface area contributed by atoms with Crippen molar-refractivity contribution in [3.05, 3.63) is 68.5 Å². The molecule has 0 unspecified atom stereocenters. The van der Waals surface area contributed by atoms with E-state index >= 15 is 0 Å². The number of nitrogens with zero attached hydrogens (tertiary/aromatic N) is 1. The highest BCUT2D eigenvalue weighted by Crippen LogP contribution is 2.28. The average molecular weight is 402 g/mol. The maximum atomic E-state index is 11.7. The van der Waals surface area contributed by atoms with Crippen molar-refractivity contribution in [2.24, 2.45) is 0 Å². The Morgan fingerprint density at radius 1 is 1.16 bits per heavy atom. The fourth-order valence-electron chi connectivity index (χ4n) is 2.90. The number of aryl methyl sites for hydroxylation is 1. The van der Waals surface area contributed by atoms with Gasteiger partial charge in [0.05, 0.1) is 7.11 Å². The van der Waals surface area contributed by atoms with Crippen LogP contribution in [0.2, 0.25) is 0 Å². The number of rotatable bonds is 5. The number of methoxy groups -OCH3 is 1. The molecule has 0 saturated heterocycles. The lowest BCUT2D eigenvalue weighted by Crippen LogP contribution is -2.22. The maximum absolute atomic E-state index is 11.7. The summed E-state index contributed by atoms with van der Waals surface area (Å²) in [6, 6.07) is 13.5. The van der Waals surface area contributed by atoms with E-state index in [0.29, 0.717) is 5.58 Å². The summed E-state index contributed by atoms with van der Waals surface area (Å²) in [4.78, 5) is 13.9. The highest BCUT2D eigenvalue weighted by Gasteiger charge is 2.11. The van der Waals surface area contributed by atoms with Crippen molar-refractivity contribution in [1.82, 2.24) is 0 Å². The summed E-state index contributed by atoms with van der Waals surface area (Å²) in [6.45, 7) is 5.57. The number of benzene rings is 2. The first kappa shape index (κ1) is 17.5. The van der Waals surface area contributed by atoms with Crippen molar-refractivity contribution in [3.8, 4) is 5.75 Å². The first-order valence-corrected chi connectivity index (χ1v) is 8.93. The molecule has 5 heteroatoms. The van der Waals surface area contributed by atoms with Crippen LogP contribution in [-0.2, 0) is 6.54 Å². The van der Waals surface area contributed by atoms with Crippen molar-refractivity contribution >= 4 is 32.6 Å². The molecule has 1 aromatic heterocycles. The largest absolute Gasteiger partial charge is 0.497 e. The molecular weight excluding hydrogens is 382 g/mol. The number of hydrogen-bond donors (Lipinski definition) is 0. The molecule has 0 bridgehead atoms. The Labute approximate surface area is 155 Å². The van der Waals surface area contributed by atoms with Crippen LogP contribution in [0.4, 0.5) is 5.69 Å². The average Bonchev–Trinajstić information content (AvgIpc) is 2.60. The summed E-state index contributed by atoms with van der Waals surface area (Å²) in [5.74, 6) is 0.828. The van der Waals surface area contributed by atoms with Crippen LogP contribution >= 0.6 is 15.9 Å². The third-order valence-electron chi connectivity index (χ3n) is 4.30. The molecule has 0 radical (unpaired) electrons. The zero-order valence-electron chi connectivity index (χ0n) is 14.5. The summed E-state index contributed by atoms with van der Waals surface area (Å²) in [7, 11) is 1.66. The molecule has 1 heterocycles. The second-order valence-electron chi connectivity index (χ2n) is 5.90. The van der Waals surface area contributed by atoms with Crippen LogP contribution < -0.4 is 15.3 Å². The van der Waals surface area contributed by atoms with Crippen LogP contribution in [0.15, 0.2) is 56.1 Å². The third kappa shape index (κ3) is 3.71. The van der Waals surface area contributed by atoms with E-state index in [2.05, 4.69) is 33.8 Å². The number of hydrogen-bond acceptors (Lipinski definition) is 4. The Balaban J connectivity index is 1.98. The summed E-state index contributed by atoms with van der Waals surface area (Å²) in [5, 5.41) is 0.960. The van der Waals surface area contributed by atoms with E-state index in [1.165, 1.54) is 6.07 Å². The number of anilines is 1. The predicted molar refractivity (Wildman–Crippen MR) is 105 cm³/mol. The zero-order chi connectivity index (χ0) is 18.0. The minimum atomic E-state index is -0.319. The molecule has 4 nitrogen and oxygen atoms in total. The molecule has 0 aliphatic heterocycles. The van der Waals surface area contributed by atoms with E-state index in [9.17, 15) is 4.79 Å². The standard InChI is InChI=1S/C20H20BrNO3/c1-4-22(12-14-10-16(24-3)6-8-18(14)21)15-5-7-17-13(2)9-20(23)25-19(17)11-15/h5-11H,4,12H2,1-3H3. The molecule has 25 heavy (non-hydrogen) atoms. The van der Waals surface area contributed by atoms with Gasteiger partial charge in [-0.25, -0.2) is 4.79 Å². The monoisotopic (exact) mass is 401 g/mol. The van der Waals surface area contributed by atoms with Gasteiger partial charge in [-0.15, -0.1) is 0 Å². The van der Waals surface area contributed by atoms with Crippen LogP contribution in [0.5, 0.6) is 5.75 Å². The van der Waals surface area contributed by atoms with E-state index in [4.69, 9.17) is 9.15 Å². The SMILES string of the molecule is CCN(Cc1cc(OC)ccc1Br)c1ccc2c(C)cc(=O)oc2c1. The Morgan fingerprint density at radius 3 is 2.68 bits per heavy atom. The Kier molecular flexibility index (Phi) is 5.13.